The number of aromatic hydroxyl groups is 1. The molecule has 7 heteroatoms. The molecule has 0 saturated heterocycles. The first kappa shape index (κ1) is 13.8. The van der Waals surface area contributed by atoms with Gasteiger partial charge in [0, 0.05) is 16.7 Å². The zero-order chi connectivity index (χ0) is 15.0. The van der Waals surface area contributed by atoms with E-state index in [1.54, 1.807) is 12.1 Å². The summed E-state index contributed by atoms with van der Waals surface area (Å²) in [5, 5.41) is 18.8. The van der Waals surface area contributed by atoms with Gasteiger partial charge in [0.25, 0.3) is 0 Å². The lowest BCUT2D eigenvalue weighted by molar-refractivity contribution is 0.475. The molecule has 1 aromatic carbocycles. The van der Waals surface area contributed by atoms with E-state index < -0.39 is 0 Å². The number of anilines is 1. The average molecular weight is 318 g/mol. The molecule has 0 bridgehead atoms. The van der Waals surface area contributed by atoms with E-state index in [1.165, 1.54) is 11.3 Å². The van der Waals surface area contributed by atoms with E-state index in [0.717, 1.165) is 22.5 Å². The lowest BCUT2D eigenvalue weighted by atomic mass is 9.94. The monoisotopic (exact) mass is 318 g/mol. The molecule has 3 rings (SSSR count). The van der Waals surface area contributed by atoms with Gasteiger partial charge >= 0.3 is 0 Å². The van der Waals surface area contributed by atoms with Crippen LogP contribution in [0.25, 0.3) is 5.57 Å². The van der Waals surface area contributed by atoms with Crippen LogP contribution in [-0.2, 0) is 0 Å². The SMILES string of the molecule is CC1=C(c2csc(N)n2)C(c2ccc(O)cc2)NC(=S)N1. The van der Waals surface area contributed by atoms with E-state index in [-0.39, 0.29) is 11.8 Å². The standard InChI is InChI=1S/C14H14N4OS2/c1-7-11(10-6-21-13(15)17-10)12(18-14(20)16-7)8-2-4-9(19)5-3-8/h2-6,12,19H,1H3,(H2,15,17)(H2,16,18,20). The number of nitrogens with two attached hydrogens (primary N) is 1. The molecule has 108 valence electrons. The van der Waals surface area contributed by atoms with Crippen LogP contribution in [0.1, 0.15) is 24.2 Å². The van der Waals surface area contributed by atoms with Crippen LogP contribution in [0.5, 0.6) is 5.75 Å². The van der Waals surface area contributed by atoms with Crippen LogP contribution in [0.4, 0.5) is 5.13 Å². The molecule has 2 heterocycles. The van der Waals surface area contributed by atoms with Gasteiger partial charge in [-0.15, -0.1) is 11.3 Å². The molecule has 5 nitrogen and oxygen atoms in total. The first-order valence-electron chi connectivity index (χ1n) is 6.33. The van der Waals surface area contributed by atoms with Gasteiger partial charge in [-0.05, 0) is 36.8 Å². The number of benzene rings is 1. The van der Waals surface area contributed by atoms with Gasteiger partial charge < -0.3 is 21.5 Å². The second kappa shape index (κ2) is 5.34. The van der Waals surface area contributed by atoms with Crippen molar-refractivity contribution in [1.82, 2.24) is 15.6 Å². The predicted molar refractivity (Wildman–Crippen MR) is 88.8 cm³/mol. The van der Waals surface area contributed by atoms with Crippen LogP contribution < -0.4 is 16.4 Å². The fourth-order valence-corrected chi connectivity index (χ4v) is 3.20. The minimum absolute atomic E-state index is 0.124. The molecule has 0 aliphatic carbocycles. The van der Waals surface area contributed by atoms with Gasteiger partial charge in [0.05, 0.1) is 11.7 Å². The summed E-state index contributed by atoms with van der Waals surface area (Å²) in [6.45, 7) is 1.96. The lowest BCUT2D eigenvalue weighted by Gasteiger charge is -2.30. The third kappa shape index (κ3) is 2.70. The number of allylic oxidation sites excluding steroid dienone is 1. The number of phenolic OH excluding ortho intramolecular Hbond substituents is 1. The number of aromatic nitrogens is 1. The molecule has 5 N–H and O–H groups in total. The largest absolute Gasteiger partial charge is 0.508 e. The maximum atomic E-state index is 9.45. The molecule has 1 atom stereocenters. The summed E-state index contributed by atoms with van der Waals surface area (Å²) in [5.74, 6) is 0.232. The van der Waals surface area contributed by atoms with Crippen LogP contribution in [-0.4, -0.2) is 15.2 Å². The molecule has 0 fully saturated rings. The minimum Gasteiger partial charge on any atom is -0.508 e. The zero-order valence-electron chi connectivity index (χ0n) is 11.3. The Labute approximate surface area is 131 Å². The van der Waals surface area contributed by atoms with Gasteiger partial charge in [-0.2, -0.15) is 0 Å². The molecule has 1 aliphatic heterocycles. The Morgan fingerprint density at radius 2 is 2.05 bits per heavy atom. The van der Waals surface area contributed by atoms with Gasteiger partial charge in [0.15, 0.2) is 10.2 Å². The summed E-state index contributed by atoms with van der Waals surface area (Å²) in [5.41, 5.74) is 9.52. The first-order valence-corrected chi connectivity index (χ1v) is 7.62. The Morgan fingerprint density at radius 3 is 2.67 bits per heavy atom. The molecule has 0 radical (unpaired) electrons. The summed E-state index contributed by atoms with van der Waals surface area (Å²) >= 11 is 6.65. The Hall–Kier alpha value is -2.12. The first-order chi connectivity index (χ1) is 10.0. The number of hydrogen-bond acceptors (Lipinski definition) is 5. The summed E-state index contributed by atoms with van der Waals surface area (Å²) in [4.78, 5) is 4.37. The van der Waals surface area contributed by atoms with Crippen LogP contribution in [0.3, 0.4) is 0 Å². The summed E-state index contributed by atoms with van der Waals surface area (Å²) in [6.07, 6.45) is 0. The Balaban J connectivity index is 2.09. The van der Waals surface area contributed by atoms with E-state index in [1.807, 2.05) is 24.4 Å². The van der Waals surface area contributed by atoms with Crippen molar-refractivity contribution in [2.45, 2.75) is 13.0 Å². The summed E-state index contributed by atoms with van der Waals surface area (Å²) < 4.78 is 0. The molecule has 1 unspecified atom stereocenters. The van der Waals surface area contributed by atoms with Crippen molar-refractivity contribution in [2.75, 3.05) is 5.73 Å². The van der Waals surface area contributed by atoms with Gasteiger partial charge in [-0.25, -0.2) is 4.98 Å². The Kier molecular flexibility index (Phi) is 3.52. The zero-order valence-corrected chi connectivity index (χ0v) is 12.9. The number of thiazole rings is 1. The summed E-state index contributed by atoms with van der Waals surface area (Å²) in [7, 11) is 0. The van der Waals surface area contributed by atoms with E-state index in [0.29, 0.717) is 10.2 Å². The van der Waals surface area contributed by atoms with Crippen molar-refractivity contribution in [3.05, 3.63) is 46.6 Å². The highest BCUT2D eigenvalue weighted by molar-refractivity contribution is 7.80. The van der Waals surface area contributed by atoms with Crippen LogP contribution in [0, 0.1) is 0 Å². The normalized spacial score (nSPS) is 18.3. The van der Waals surface area contributed by atoms with Crippen LogP contribution >= 0.6 is 23.6 Å². The highest BCUT2D eigenvalue weighted by Crippen LogP contribution is 2.35. The van der Waals surface area contributed by atoms with Crippen LogP contribution in [0.2, 0.25) is 0 Å². The molecule has 21 heavy (non-hydrogen) atoms. The van der Waals surface area contributed by atoms with Crippen molar-refractivity contribution < 1.29 is 5.11 Å². The number of nitrogens with one attached hydrogen (secondary N) is 2. The molecule has 0 saturated carbocycles. The maximum Gasteiger partial charge on any atom is 0.180 e. The Bertz CT molecular complexity index is 721. The van der Waals surface area contributed by atoms with Crippen molar-refractivity contribution in [3.8, 4) is 5.75 Å². The van der Waals surface area contributed by atoms with Gasteiger partial charge in [0.2, 0.25) is 0 Å². The third-order valence-electron chi connectivity index (χ3n) is 3.29. The van der Waals surface area contributed by atoms with E-state index >= 15 is 0 Å². The predicted octanol–water partition coefficient (Wildman–Crippen LogP) is 2.38. The van der Waals surface area contributed by atoms with Crippen LogP contribution in [0.15, 0.2) is 35.3 Å². The van der Waals surface area contributed by atoms with E-state index in [2.05, 4.69) is 15.6 Å². The van der Waals surface area contributed by atoms with Crippen molar-refractivity contribution in [2.24, 2.45) is 0 Å². The quantitative estimate of drug-likeness (QED) is 0.636. The molecule has 2 aromatic rings. The molecule has 1 aromatic heterocycles. The van der Waals surface area contributed by atoms with Gasteiger partial charge in [-0.1, -0.05) is 12.1 Å². The third-order valence-corrected chi connectivity index (χ3v) is 4.19. The number of nitrogen functional groups attached to an aromatic ring is 1. The van der Waals surface area contributed by atoms with Gasteiger partial charge in [-0.3, -0.25) is 0 Å². The Morgan fingerprint density at radius 1 is 1.33 bits per heavy atom. The molecular weight excluding hydrogens is 304 g/mol. The van der Waals surface area contributed by atoms with E-state index in [9.17, 15) is 5.11 Å². The number of hydrogen-bond donors (Lipinski definition) is 4. The van der Waals surface area contributed by atoms with Crippen molar-refractivity contribution >= 4 is 39.4 Å². The van der Waals surface area contributed by atoms with E-state index in [4.69, 9.17) is 18.0 Å². The number of thiocarbonyl (C=S) groups is 1. The summed E-state index contributed by atoms with van der Waals surface area (Å²) in [6, 6.07) is 6.92. The van der Waals surface area contributed by atoms with Gasteiger partial charge in [0.1, 0.15) is 5.75 Å². The average Bonchev–Trinajstić information content (AvgIpc) is 2.85. The fraction of sp³-hybridized carbons (Fsp3) is 0.143. The molecule has 0 amide bonds. The smallest absolute Gasteiger partial charge is 0.180 e. The highest BCUT2D eigenvalue weighted by Gasteiger charge is 2.27. The van der Waals surface area contributed by atoms with Crippen molar-refractivity contribution in [1.29, 1.82) is 0 Å². The molecule has 1 aliphatic rings. The highest BCUT2D eigenvalue weighted by atomic mass is 32.1. The number of phenols is 1. The second-order valence-electron chi connectivity index (χ2n) is 4.73. The molecule has 0 spiro atoms. The fourth-order valence-electron chi connectivity index (χ4n) is 2.36. The lowest BCUT2D eigenvalue weighted by Crippen LogP contribution is -2.42. The maximum absolute atomic E-state index is 9.45. The number of rotatable bonds is 2. The molecular formula is C14H14N4OS2. The second-order valence-corrected chi connectivity index (χ2v) is 6.03. The minimum atomic E-state index is -0.124. The number of nitrogens with zero attached hydrogens (tertiary/aromatic N) is 1. The van der Waals surface area contributed by atoms with Crippen molar-refractivity contribution in [3.63, 3.8) is 0 Å². The topological polar surface area (TPSA) is 83.2 Å².